The Bertz CT molecular complexity index is 328. The van der Waals surface area contributed by atoms with E-state index < -0.39 is 0 Å². The Hall–Kier alpha value is -0.0500. The third-order valence-corrected chi connectivity index (χ3v) is 4.74. The van der Waals surface area contributed by atoms with Crippen molar-refractivity contribution in [2.45, 2.75) is 44.6 Å². The first-order chi connectivity index (χ1) is 7.18. The molecule has 1 saturated heterocycles. The smallest absolute Gasteiger partial charge is 0.0942 e. The van der Waals surface area contributed by atoms with Crippen molar-refractivity contribution in [1.29, 1.82) is 0 Å². The van der Waals surface area contributed by atoms with Gasteiger partial charge in [-0.15, -0.1) is 22.9 Å². The van der Waals surface area contributed by atoms with Gasteiger partial charge in [-0.2, -0.15) is 0 Å². The van der Waals surface area contributed by atoms with Crippen LogP contribution in [-0.4, -0.2) is 12.7 Å². The van der Waals surface area contributed by atoms with E-state index in [0.717, 1.165) is 13.0 Å². The molecule has 0 N–H and O–H groups in total. The van der Waals surface area contributed by atoms with Crippen molar-refractivity contribution in [3.05, 3.63) is 21.4 Å². The summed E-state index contributed by atoms with van der Waals surface area (Å²) in [6.07, 6.45) is 3.75. The predicted octanol–water partition coefficient (Wildman–Crippen LogP) is 4.21. The molecule has 0 spiro atoms. The van der Waals surface area contributed by atoms with E-state index in [1.54, 1.807) is 11.3 Å². The fraction of sp³-hybridized carbons (Fsp3) is 0.667. The summed E-state index contributed by atoms with van der Waals surface area (Å²) in [4.78, 5) is 2.63. The van der Waals surface area contributed by atoms with Crippen LogP contribution in [0.25, 0.3) is 0 Å². The molecular weight excluding hydrogens is 228 g/mol. The second kappa shape index (κ2) is 4.86. The summed E-state index contributed by atoms with van der Waals surface area (Å²) in [5.41, 5.74) is 1.31. The minimum atomic E-state index is 0.0454. The van der Waals surface area contributed by atoms with E-state index >= 15 is 0 Å². The summed E-state index contributed by atoms with van der Waals surface area (Å²) in [5.74, 6) is 0. The molecule has 0 aromatic carbocycles. The maximum Gasteiger partial charge on any atom is 0.0942 e. The molecule has 1 aromatic rings. The van der Waals surface area contributed by atoms with Gasteiger partial charge >= 0.3 is 0 Å². The van der Waals surface area contributed by atoms with Gasteiger partial charge in [0.15, 0.2) is 0 Å². The van der Waals surface area contributed by atoms with Crippen LogP contribution < -0.4 is 0 Å². The van der Waals surface area contributed by atoms with Gasteiger partial charge in [0, 0.05) is 16.4 Å². The molecule has 1 fully saturated rings. The van der Waals surface area contributed by atoms with E-state index in [0.29, 0.717) is 0 Å². The number of ether oxygens (including phenoxy) is 1. The Morgan fingerprint density at radius 1 is 1.47 bits per heavy atom. The molecule has 1 aliphatic rings. The van der Waals surface area contributed by atoms with Crippen LogP contribution in [0.3, 0.4) is 0 Å². The summed E-state index contributed by atoms with van der Waals surface area (Å²) >= 11 is 8.29. The number of hydrogen-bond donors (Lipinski definition) is 0. The highest BCUT2D eigenvalue weighted by Crippen LogP contribution is 2.37. The molecule has 0 amide bonds. The van der Waals surface area contributed by atoms with Crippen molar-refractivity contribution in [2.75, 3.05) is 6.61 Å². The number of halogens is 1. The molecule has 2 unspecified atom stereocenters. The van der Waals surface area contributed by atoms with Gasteiger partial charge in [-0.05, 0) is 44.7 Å². The van der Waals surface area contributed by atoms with Crippen molar-refractivity contribution < 1.29 is 4.74 Å². The Labute approximate surface area is 100 Å². The lowest BCUT2D eigenvalue weighted by atomic mass is 10.0. The first kappa shape index (κ1) is 11.4. The van der Waals surface area contributed by atoms with Gasteiger partial charge in [-0.25, -0.2) is 0 Å². The molecule has 1 aliphatic heterocycles. The van der Waals surface area contributed by atoms with Crippen molar-refractivity contribution in [2.24, 2.45) is 0 Å². The van der Waals surface area contributed by atoms with Crippen LogP contribution >= 0.6 is 22.9 Å². The van der Waals surface area contributed by atoms with Gasteiger partial charge in [0.25, 0.3) is 0 Å². The Balaban J connectivity index is 2.12. The maximum atomic E-state index is 6.49. The first-order valence-electron chi connectivity index (χ1n) is 5.51. The van der Waals surface area contributed by atoms with Crippen molar-refractivity contribution >= 4 is 22.9 Å². The van der Waals surface area contributed by atoms with Crippen LogP contribution in [0.4, 0.5) is 0 Å². The Morgan fingerprint density at radius 2 is 2.27 bits per heavy atom. The highest BCUT2D eigenvalue weighted by atomic mass is 35.5. The summed E-state index contributed by atoms with van der Waals surface area (Å²) in [6.45, 7) is 5.14. The highest BCUT2D eigenvalue weighted by Gasteiger charge is 2.26. The van der Waals surface area contributed by atoms with Crippen LogP contribution in [0.2, 0.25) is 0 Å². The summed E-state index contributed by atoms with van der Waals surface area (Å²) in [7, 11) is 0. The van der Waals surface area contributed by atoms with Gasteiger partial charge in [0.2, 0.25) is 0 Å². The maximum absolute atomic E-state index is 6.49. The molecule has 15 heavy (non-hydrogen) atoms. The van der Waals surface area contributed by atoms with Gasteiger partial charge in [0.1, 0.15) is 0 Å². The Morgan fingerprint density at radius 3 is 2.80 bits per heavy atom. The first-order valence-corrected chi connectivity index (χ1v) is 6.76. The number of rotatable bonds is 2. The van der Waals surface area contributed by atoms with Crippen molar-refractivity contribution in [3.63, 3.8) is 0 Å². The van der Waals surface area contributed by atoms with E-state index in [4.69, 9.17) is 16.3 Å². The fourth-order valence-electron chi connectivity index (χ4n) is 2.10. The molecule has 84 valence electrons. The van der Waals surface area contributed by atoms with Crippen LogP contribution in [0.1, 0.15) is 40.0 Å². The van der Waals surface area contributed by atoms with E-state index in [9.17, 15) is 0 Å². The second-order valence-electron chi connectivity index (χ2n) is 4.21. The Kier molecular flexibility index (Phi) is 3.70. The lowest BCUT2D eigenvalue weighted by Gasteiger charge is -2.26. The number of hydrogen-bond acceptors (Lipinski definition) is 2. The molecule has 1 nitrogen and oxygen atoms in total. The average Bonchev–Trinajstić information content (AvgIpc) is 2.58. The largest absolute Gasteiger partial charge is 0.376 e. The van der Waals surface area contributed by atoms with Crippen molar-refractivity contribution in [1.82, 2.24) is 0 Å². The van der Waals surface area contributed by atoms with Crippen LogP contribution in [0.5, 0.6) is 0 Å². The molecule has 2 heterocycles. The van der Waals surface area contributed by atoms with Crippen LogP contribution in [-0.2, 0) is 4.74 Å². The highest BCUT2D eigenvalue weighted by molar-refractivity contribution is 7.12. The molecule has 0 aliphatic carbocycles. The number of aryl methyl sites for hydroxylation is 2. The molecule has 0 saturated carbocycles. The second-order valence-corrected chi connectivity index (χ2v) is 5.97. The minimum absolute atomic E-state index is 0.0454. The third-order valence-electron chi connectivity index (χ3n) is 2.87. The van der Waals surface area contributed by atoms with E-state index in [1.165, 1.54) is 28.2 Å². The minimum Gasteiger partial charge on any atom is -0.376 e. The van der Waals surface area contributed by atoms with Gasteiger partial charge in [0.05, 0.1) is 11.5 Å². The topological polar surface area (TPSA) is 9.23 Å². The van der Waals surface area contributed by atoms with Crippen molar-refractivity contribution in [3.8, 4) is 0 Å². The lowest BCUT2D eigenvalue weighted by Crippen LogP contribution is -2.23. The van der Waals surface area contributed by atoms with E-state index in [2.05, 4.69) is 19.9 Å². The SMILES string of the molecule is Cc1cc(C)c(C(Cl)C2CCCCO2)s1. The zero-order valence-electron chi connectivity index (χ0n) is 9.25. The standard InChI is InChI=1S/C12H17ClOS/c1-8-7-9(2)15-12(8)11(13)10-5-3-4-6-14-10/h7,10-11H,3-6H2,1-2H3. The van der Waals surface area contributed by atoms with Crippen LogP contribution in [0.15, 0.2) is 6.07 Å². The number of thiophene rings is 1. The lowest BCUT2D eigenvalue weighted by molar-refractivity contribution is 0.0140. The summed E-state index contributed by atoms with van der Waals surface area (Å²) in [5, 5.41) is 0.0454. The molecule has 2 rings (SSSR count). The van der Waals surface area contributed by atoms with Crippen LogP contribution in [0, 0.1) is 13.8 Å². The normalized spacial score (nSPS) is 24.1. The summed E-state index contributed by atoms with van der Waals surface area (Å²) < 4.78 is 5.73. The zero-order chi connectivity index (χ0) is 10.8. The number of alkyl halides is 1. The average molecular weight is 245 g/mol. The monoisotopic (exact) mass is 244 g/mol. The summed E-state index contributed by atoms with van der Waals surface area (Å²) in [6, 6.07) is 2.21. The molecule has 0 radical (unpaired) electrons. The molecular formula is C12H17ClOS. The molecule has 3 heteroatoms. The van der Waals surface area contributed by atoms with Gasteiger partial charge in [-0.3, -0.25) is 0 Å². The molecule has 0 bridgehead atoms. The predicted molar refractivity (Wildman–Crippen MR) is 66.0 cm³/mol. The van der Waals surface area contributed by atoms with E-state index in [-0.39, 0.29) is 11.5 Å². The van der Waals surface area contributed by atoms with Gasteiger partial charge < -0.3 is 4.74 Å². The molecule has 2 atom stereocenters. The quantitative estimate of drug-likeness (QED) is 0.708. The fourth-order valence-corrected chi connectivity index (χ4v) is 3.67. The third kappa shape index (κ3) is 2.55. The van der Waals surface area contributed by atoms with E-state index in [1.807, 2.05) is 0 Å². The molecule has 1 aromatic heterocycles. The zero-order valence-corrected chi connectivity index (χ0v) is 10.8. The van der Waals surface area contributed by atoms with Gasteiger partial charge in [-0.1, -0.05) is 0 Å².